The van der Waals surface area contributed by atoms with Crippen molar-refractivity contribution < 1.29 is 9.90 Å². The van der Waals surface area contributed by atoms with E-state index < -0.39 is 0 Å². The number of fused-ring (bicyclic) bond motifs is 1. The maximum Gasteiger partial charge on any atom is 0.177 e. The van der Waals surface area contributed by atoms with Crippen LogP contribution in [0.3, 0.4) is 0 Å². The van der Waals surface area contributed by atoms with Gasteiger partial charge in [-0.1, -0.05) is 48.5 Å². The summed E-state index contributed by atoms with van der Waals surface area (Å²) in [6, 6.07) is 17.8. The van der Waals surface area contributed by atoms with Crippen molar-refractivity contribution >= 4 is 28.0 Å². The maximum absolute atomic E-state index is 12.9. The average Bonchev–Trinajstić information content (AvgIpc) is 3.34. The summed E-state index contributed by atoms with van der Waals surface area (Å²) in [6.07, 6.45) is 2.72. The van der Waals surface area contributed by atoms with Crippen molar-refractivity contribution in [2.75, 3.05) is 6.61 Å². The van der Waals surface area contributed by atoms with Crippen LogP contribution in [-0.2, 0) is 6.42 Å². The first-order chi connectivity index (χ1) is 13.3. The molecule has 4 rings (SSSR count). The summed E-state index contributed by atoms with van der Waals surface area (Å²) in [7, 11) is 0. The maximum atomic E-state index is 12.9. The van der Waals surface area contributed by atoms with Crippen LogP contribution in [0.5, 0.6) is 0 Å². The molecular weight excluding hydrogens is 358 g/mol. The van der Waals surface area contributed by atoms with E-state index in [0.717, 1.165) is 16.5 Å². The van der Waals surface area contributed by atoms with E-state index in [2.05, 4.69) is 10.1 Å². The van der Waals surface area contributed by atoms with Crippen LogP contribution in [0.1, 0.15) is 21.7 Å². The molecule has 0 radical (unpaired) electrons. The Kier molecular flexibility index (Phi) is 5.09. The Morgan fingerprint density at radius 1 is 1.11 bits per heavy atom. The number of carbonyl (C=O) groups is 1. The fraction of sp³-hybridized carbons (Fsp3) is 0.190. The van der Waals surface area contributed by atoms with Crippen molar-refractivity contribution in [2.45, 2.75) is 12.8 Å². The molecule has 6 heteroatoms. The molecule has 0 aliphatic rings. The van der Waals surface area contributed by atoms with Gasteiger partial charge in [-0.15, -0.1) is 11.3 Å². The van der Waals surface area contributed by atoms with E-state index in [1.807, 2.05) is 54.6 Å². The minimum absolute atomic E-state index is 0.0120. The number of Topliss-reactive ketones (excluding diaryl/α,β-unsaturated/α-hetero) is 1. The molecule has 0 aliphatic heterocycles. The lowest BCUT2D eigenvalue weighted by molar-refractivity contribution is 0.0939. The number of thiazole rings is 1. The van der Waals surface area contributed by atoms with Crippen LogP contribution in [0.2, 0.25) is 0 Å². The monoisotopic (exact) mass is 377 g/mol. The molecule has 0 spiro atoms. The first-order valence-electron chi connectivity index (χ1n) is 8.81. The molecule has 2 aromatic heterocycles. The van der Waals surface area contributed by atoms with Gasteiger partial charge in [0.1, 0.15) is 4.88 Å². The van der Waals surface area contributed by atoms with E-state index in [1.165, 1.54) is 11.3 Å². The third-order valence-electron chi connectivity index (χ3n) is 4.58. The van der Waals surface area contributed by atoms with Gasteiger partial charge in [0.15, 0.2) is 11.6 Å². The number of hydrogen-bond acceptors (Lipinski definition) is 5. The summed E-state index contributed by atoms with van der Waals surface area (Å²) in [5.41, 5.74) is 3.71. The fourth-order valence-electron chi connectivity index (χ4n) is 3.23. The average molecular weight is 377 g/mol. The number of carbonyl (C=O) groups excluding carboxylic acids is 1. The number of aromatic nitrogens is 3. The van der Waals surface area contributed by atoms with Crippen molar-refractivity contribution in [1.82, 2.24) is 14.8 Å². The Morgan fingerprint density at radius 3 is 2.70 bits per heavy atom. The molecule has 0 unspecified atom stereocenters. The van der Waals surface area contributed by atoms with Crippen LogP contribution in [-0.4, -0.2) is 32.3 Å². The molecule has 1 N–H and O–H groups in total. The van der Waals surface area contributed by atoms with Crippen LogP contribution >= 0.6 is 11.3 Å². The lowest BCUT2D eigenvalue weighted by Crippen LogP contribution is -2.16. The molecule has 5 nitrogen and oxygen atoms in total. The molecule has 0 saturated carbocycles. The summed E-state index contributed by atoms with van der Waals surface area (Å²) in [4.78, 5) is 17.9. The minimum atomic E-state index is -0.121. The lowest BCUT2D eigenvalue weighted by Gasteiger charge is -2.13. The van der Waals surface area contributed by atoms with Gasteiger partial charge >= 0.3 is 0 Å². The second kappa shape index (κ2) is 7.82. The number of aliphatic hydroxyl groups excluding tert-OH is 1. The minimum Gasteiger partial charge on any atom is -0.396 e. The summed E-state index contributed by atoms with van der Waals surface area (Å²) < 4.78 is 1.71. The number of benzene rings is 2. The van der Waals surface area contributed by atoms with Crippen molar-refractivity contribution in [2.24, 2.45) is 5.92 Å². The number of rotatable bonds is 7. The number of nitrogens with zero attached hydrogens (tertiary/aromatic N) is 3. The Balaban J connectivity index is 1.57. The zero-order valence-corrected chi connectivity index (χ0v) is 15.5. The molecule has 27 heavy (non-hydrogen) atoms. The van der Waals surface area contributed by atoms with Crippen molar-refractivity contribution in [1.29, 1.82) is 0 Å². The number of ketones is 1. The van der Waals surface area contributed by atoms with Gasteiger partial charge in [0, 0.05) is 18.4 Å². The predicted octanol–water partition coefficient (Wildman–Crippen LogP) is 3.91. The standard InChI is InChI=1S/C21H19N3O2S/c25-13-16(10-15-6-2-1-3-7-15)11-19(26)20-21(22-14-27-20)24-18-9-5-4-8-17(18)12-23-24/h1-9,12,14,16,25H,10-11,13H2/t16-/m1/s1. The Hall–Kier alpha value is -2.83. The highest BCUT2D eigenvalue weighted by atomic mass is 32.1. The molecule has 0 bridgehead atoms. The summed E-state index contributed by atoms with van der Waals surface area (Å²) in [5.74, 6) is 0.425. The zero-order chi connectivity index (χ0) is 18.6. The van der Waals surface area contributed by atoms with Crippen LogP contribution in [0, 0.1) is 5.92 Å². The van der Waals surface area contributed by atoms with E-state index in [0.29, 0.717) is 17.1 Å². The van der Waals surface area contributed by atoms with Crippen molar-refractivity contribution in [3.63, 3.8) is 0 Å². The molecular formula is C21H19N3O2S. The summed E-state index contributed by atoms with van der Waals surface area (Å²) in [5, 5.41) is 15.2. The van der Waals surface area contributed by atoms with Gasteiger partial charge in [0.05, 0.1) is 17.2 Å². The van der Waals surface area contributed by atoms with E-state index in [-0.39, 0.29) is 24.7 Å². The first kappa shape index (κ1) is 17.6. The highest BCUT2D eigenvalue weighted by molar-refractivity contribution is 7.12. The SMILES string of the molecule is O=C(C[C@H](CO)Cc1ccccc1)c1scnc1-n1ncc2ccccc21. The largest absolute Gasteiger partial charge is 0.396 e. The summed E-state index contributed by atoms with van der Waals surface area (Å²) >= 11 is 1.32. The van der Waals surface area contributed by atoms with E-state index >= 15 is 0 Å². The van der Waals surface area contributed by atoms with Gasteiger partial charge in [-0.25, -0.2) is 9.67 Å². The number of aliphatic hydroxyl groups is 1. The topological polar surface area (TPSA) is 68.0 Å². The van der Waals surface area contributed by atoms with E-state index in [9.17, 15) is 9.90 Å². The zero-order valence-electron chi connectivity index (χ0n) is 14.7. The molecule has 0 fully saturated rings. The molecule has 136 valence electrons. The molecule has 2 heterocycles. The number of para-hydroxylation sites is 1. The highest BCUT2D eigenvalue weighted by Gasteiger charge is 2.22. The van der Waals surface area contributed by atoms with Crippen LogP contribution in [0.15, 0.2) is 66.3 Å². The second-order valence-corrected chi connectivity index (χ2v) is 7.34. The highest BCUT2D eigenvalue weighted by Crippen LogP contribution is 2.25. The lowest BCUT2D eigenvalue weighted by atomic mass is 9.94. The molecule has 0 amide bonds. The second-order valence-electron chi connectivity index (χ2n) is 6.49. The third kappa shape index (κ3) is 3.67. The molecule has 2 aromatic carbocycles. The Bertz CT molecular complexity index is 1060. The van der Waals surface area contributed by atoms with Gasteiger partial charge < -0.3 is 5.11 Å². The van der Waals surface area contributed by atoms with E-state index in [1.54, 1.807) is 16.4 Å². The number of hydrogen-bond donors (Lipinski definition) is 1. The molecule has 1 atom stereocenters. The Labute approximate surface area is 160 Å². The van der Waals surface area contributed by atoms with Crippen molar-refractivity contribution in [3.8, 4) is 5.82 Å². The normalized spacial score (nSPS) is 12.3. The van der Waals surface area contributed by atoms with Gasteiger partial charge in [0.2, 0.25) is 0 Å². The van der Waals surface area contributed by atoms with Crippen molar-refractivity contribution in [3.05, 3.63) is 76.7 Å². The predicted molar refractivity (Wildman–Crippen MR) is 106 cm³/mol. The van der Waals surface area contributed by atoms with Gasteiger partial charge in [0.25, 0.3) is 0 Å². The van der Waals surface area contributed by atoms with Crippen LogP contribution in [0.25, 0.3) is 16.7 Å². The van der Waals surface area contributed by atoms with Gasteiger partial charge in [-0.05, 0) is 24.0 Å². The van der Waals surface area contributed by atoms with Crippen LogP contribution in [0.4, 0.5) is 0 Å². The molecule has 0 aliphatic carbocycles. The summed E-state index contributed by atoms with van der Waals surface area (Å²) in [6.45, 7) is -0.0283. The third-order valence-corrected chi connectivity index (χ3v) is 5.44. The van der Waals surface area contributed by atoms with E-state index in [4.69, 9.17) is 0 Å². The molecule has 0 saturated heterocycles. The smallest absolute Gasteiger partial charge is 0.177 e. The van der Waals surface area contributed by atoms with Gasteiger partial charge in [-0.3, -0.25) is 4.79 Å². The van der Waals surface area contributed by atoms with Gasteiger partial charge in [-0.2, -0.15) is 5.10 Å². The fourth-order valence-corrected chi connectivity index (χ4v) is 3.94. The first-order valence-corrected chi connectivity index (χ1v) is 9.69. The quantitative estimate of drug-likeness (QED) is 0.496. The Morgan fingerprint density at radius 2 is 1.89 bits per heavy atom. The molecule has 4 aromatic rings. The van der Waals surface area contributed by atoms with Crippen LogP contribution < -0.4 is 0 Å².